The molecule has 0 saturated heterocycles. The number of carbonyl (C=O) groups is 1. The van der Waals surface area contributed by atoms with E-state index >= 15 is 0 Å². The van der Waals surface area contributed by atoms with Crippen LogP contribution in [0.4, 0.5) is 4.79 Å². The van der Waals surface area contributed by atoms with E-state index in [0.29, 0.717) is 0 Å². The molecule has 2 aromatic carbocycles. The maximum absolute atomic E-state index is 11.9. The SMILES string of the molecule is CCC(CSC)NC(=O)NCC(O)c1ccc2ccccc2c1. The molecule has 0 spiro atoms. The van der Waals surface area contributed by atoms with Crippen molar-refractivity contribution in [3.05, 3.63) is 48.0 Å². The van der Waals surface area contributed by atoms with Gasteiger partial charge in [0.05, 0.1) is 6.10 Å². The van der Waals surface area contributed by atoms with E-state index in [9.17, 15) is 9.90 Å². The van der Waals surface area contributed by atoms with Crippen molar-refractivity contribution in [2.45, 2.75) is 25.5 Å². The molecule has 0 aliphatic rings. The Morgan fingerprint density at radius 2 is 1.96 bits per heavy atom. The predicted octanol–water partition coefficient (Wildman–Crippen LogP) is 3.31. The molecule has 0 aliphatic carbocycles. The van der Waals surface area contributed by atoms with Crippen LogP contribution >= 0.6 is 11.8 Å². The van der Waals surface area contributed by atoms with Crippen LogP contribution in [0.15, 0.2) is 42.5 Å². The second-order valence-electron chi connectivity index (χ2n) is 5.54. The quantitative estimate of drug-likeness (QED) is 0.729. The Kier molecular flexibility index (Phi) is 6.74. The minimum absolute atomic E-state index is 0.155. The summed E-state index contributed by atoms with van der Waals surface area (Å²) < 4.78 is 0. The highest BCUT2D eigenvalue weighted by atomic mass is 32.2. The number of aliphatic hydroxyl groups excluding tert-OH is 1. The molecule has 0 radical (unpaired) electrons. The van der Waals surface area contributed by atoms with E-state index in [1.54, 1.807) is 11.8 Å². The molecule has 2 rings (SSSR count). The number of hydrogen-bond donors (Lipinski definition) is 3. The monoisotopic (exact) mass is 332 g/mol. The van der Waals surface area contributed by atoms with Gasteiger partial charge < -0.3 is 15.7 Å². The van der Waals surface area contributed by atoms with Gasteiger partial charge in [-0.05, 0) is 35.1 Å². The zero-order chi connectivity index (χ0) is 16.7. The summed E-state index contributed by atoms with van der Waals surface area (Å²) in [4.78, 5) is 11.9. The Labute approximate surface area is 141 Å². The molecule has 2 unspecified atom stereocenters. The third kappa shape index (κ3) is 5.15. The number of benzene rings is 2. The van der Waals surface area contributed by atoms with Gasteiger partial charge in [-0.25, -0.2) is 4.79 Å². The highest BCUT2D eigenvalue weighted by Crippen LogP contribution is 2.20. The summed E-state index contributed by atoms with van der Waals surface area (Å²) in [5, 5.41) is 18.2. The smallest absolute Gasteiger partial charge is 0.315 e. The first kappa shape index (κ1) is 17.6. The van der Waals surface area contributed by atoms with Gasteiger partial charge in [-0.15, -0.1) is 0 Å². The summed E-state index contributed by atoms with van der Waals surface area (Å²) in [6.45, 7) is 2.24. The van der Waals surface area contributed by atoms with E-state index in [-0.39, 0.29) is 18.6 Å². The first-order chi connectivity index (χ1) is 11.1. The van der Waals surface area contributed by atoms with Crippen LogP contribution in [0.3, 0.4) is 0 Å². The van der Waals surface area contributed by atoms with Crippen molar-refractivity contribution in [3.63, 3.8) is 0 Å². The Hall–Kier alpha value is -1.72. The molecule has 23 heavy (non-hydrogen) atoms. The molecule has 0 bridgehead atoms. The molecule has 3 N–H and O–H groups in total. The summed E-state index contributed by atoms with van der Waals surface area (Å²) in [5.41, 5.74) is 0.806. The summed E-state index contributed by atoms with van der Waals surface area (Å²) in [5.74, 6) is 0.886. The third-order valence-electron chi connectivity index (χ3n) is 3.81. The first-order valence-electron chi connectivity index (χ1n) is 7.84. The second-order valence-corrected chi connectivity index (χ2v) is 6.45. The van der Waals surface area contributed by atoms with Crippen LogP contribution in [0.25, 0.3) is 10.8 Å². The normalized spacial score (nSPS) is 13.5. The standard InChI is InChI=1S/C18H24N2O2S/c1-3-16(12-23-2)20-18(22)19-11-17(21)15-9-8-13-6-4-5-7-14(13)10-15/h4-10,16-17,21H,3,11-12H2,1-2H3,(H2,19,20,22). The van der Waals surface area contributed by atoms with Crippen molar-refractivity contribution in [2.75, 3.05) is 18.6 Å². The zero-order valence-corrected chi connectivity index (χ0v) is 14.4. The molecule has 0 aromatic heterocycles. The van der Waals surface area contributed by atoms with E-state index in [2.05, 4.69) is 10.6 Å². The van der Waals surface area contributed by atoms with Crippen molar-refractivity contribution < 1.29 is 9.90 Å². The van der Waals surface area contributed by atoms with E-state index in [1.807, 2.05) is 55.6 Å². The largest absolute Gasteiger partial charge is 0.387 e. The van der Waals surface area contributed by atoms with Gasteiger partial charge in [-0.2, -0.15) is 11.8 Å². The van der Waals surface area contributed by atoms with E-state index in [4.69, 9.17) is 0 Å². The van der Waals surface area contributed by atoms with Crippen molar-refractivity contribution in [1.29, 1.82) is 0 Å². The van der Waals surface area contributed by atoms with Crippen molar-refractivity contribution in [2.24, 2.45) is 0 Å². The fourth-order valence-corrected chi connectivity index (χ4v) is 3.14. The van der Waals surface area contributed by atoms with Gasteiger partial charge in [-0.1, -0.05) is 43.3 Å². The molecule has 124 valence electrons. The first-order valence-corrected chi connectivity index (χ1v) is 9.23. The van der Waals surface area contributed by atoms with Gasteiger partial charge in [0.1, 0.15) is 0 Å². The lowest BCUT2D eigenvalue weighted by atomic mass is 10.0. The summed E-state index contributed by atoms with van der Waals surface area (Å²) in [6.07, 6.45) is 2.19. The topological polar surface area (TPSA) is 61.4 Å². The second kappa shape index (κ2) is 8.79. The Morgan fingerprint density at radius 1 is 1.22 bits per heavy atom. The van der Waals surface area contributed by atoms with E-state index in [1.165, 1.54) is 0 Å². The van der Waals surface area contributed by atoms with Gasteiger partial charge in [0, 0.05) is 18.3 Å². The minimum atomic E-state index is -0.717. The number of thioether (sulfide) groups is 1. The number of amides is 2. The van der Waals surface area contributed by atoms with Gasteiger partial charge in [0.2, 0.25) is 0 Å². The molecular weight excluding hydrogens is 308 g/mol. The number of hydrogen-bond acceptors (Lipinski definition) is 3. The Morgan fingerprint density at radius 3 is 2.65 bits per heavy atom. The van der Waals surface area contributed by atoms with Crippen LogP contribution in [0.5, 0.6) is 0 Å². The van der Waals surface area contributed by atoms with Crippen LogP contribution in [0.1, 0.15) is 25.0 Å². The van der Waals surface area contributed by atoms with Crippen LogP contribution in [-0.2, 0) is 0 Å². The van der Waals surface area contributed by atoms with Crippen molar-refractivity contribution in [3.8, 4) is 0 Å². The number of aliphatic hydroxyl groups is 1. The molecule has 2 amide bonds. The number of nitrogens with one attached hydrogen (secondary N) is 2. The van der Waals surface area contributed by atoms with Gasteiger partial charge in [-0.3, -0.25) is 0 Å². The molecule has 0 aliphatic heterocycles. The van der Waals surface area contributed by atoms with Gasteiger partial charge in [0.15, 0.2) is 0 Å². The lowest BCUT2D eigenvalue weighted by Crippen LogP contribution is -2.44. The minimum Gasteiger partial charge on any atom is -0.387 e. The summed E-state index contributed by atoms with van der Waals surface area (Å²) >= 11 is 1.71. The number of fused-ring (bicyclic) bond motifs is 1. The van der Waals surface area contributed by atoms with Crippen molar-refractivity contribution in [1.82, 2.24) is 10.6 Å². The summed E-state index contributed by atoms with van der Waals surface area (Å²) in [7, 11) is 0. The fraction of sp³-hybridized carbons (Fsp3) is 0.389. The molecular formula is C18H24N2O2S. The van der Waals surface area contributed by atoms with Crippen LogP contribution < -0.4 is 10.6 Å². The lowest BCUT2D eigenvalue weighted by Gasteiger charge is -2.18. The number of carbonyl (C=O) groups excluding carboxylic acids is 1. The molecule has 0 saturated carbocycles. The highest BCUT2D eigenvalue weighted by Gasteiger charge is 2.12. The lowest BCUT2D eigenvalue weighted by molar-refractivity contribution is 0.172. The number of rotatable bonds is 7. The van der Waals surface area contributed by atoms with Crippen LogP contribution in [0.2, 0.25) is 0 Å². The Bertz CT molecular complexity index is 648. The molecule has 2 aromatic rings. The molecule has 2 atom stereocenters. The molecule has 5 heteroatoms. The maximum atomic E-state index is 11.9. The zero-order valence-electron chi connectivity index (χ0n) is 13.6. The summed E-state index contributed by atoms with van der Waals surface area (Å²) in [6, 6.07) is 13.8. The average Bonchev–Trinajstić information content (AvgIpc) is 2.58. The van der Waals surface area contributed by atoms with E-state index < -0.39 is 6.10 Å². The van der Waals surface area contributed by atoms with Gasteiger partial charge >= 0.3 is 6.03 Å². The third-order valence-corrected chi connectivity index (χ3v) is 4.55. The predicted molar refractivity (Wildman–Crippen MR) is 97.9 cm³/mol. The van der Waals surface area contributed by atoms with Crippen LogP contribution in [0, 0.1) is 0 Å². The fourth-order valence-electron chi connectivity index (χ4n) is 2.42. The van der Waals surface area contributed by atoms with E-state index in [0.717, 1.165) is 28.5 Å². The average molecular weight is 332 g/mol. The molecule has 0 heterocycles. The molecule has 4 nitrogen and oxygen atoms in total. The highest BCUT2D eigenvalue weighted by molar-refractivity contribution is 7.98. The van der Waals surface area contributed by atoms with Crippen LogP contribution in [-0.4, -0.2) is 35.7 Å². The Balaban J connectivity index is 1.90. The van der Waals surface area contributed by atoms with Gasteiger partial charge in [0.25, 0.3) is 0 Å². The molecule has 0 fully saturated rings. The number of urea groups is 1. The van der Waals surface area contributed by atoms with Crippen molar-refractivity contribution >= 4 is 28.6 Å². The maximum Gasteiger partial charge on any atom is 0.315 e.